The van der Waals surface area contributed by atoms with Gasteiger partial charge in [-0.15, -0.1) is 0 Å². The highest BCUT2D eigenvalue weighted by atomic mass is 19.1. The lowest BCUT2D eigenvalue weighted by molar-refractivity contribution is -0.134. The van der Waals surface area contributed by atoms with Crippen LogP contribution in [0.5, 0.6) is 0 Å². The van der Waals surface area contributed by atoms with Crippen molar-refractivity contribution in [2.45, 2.75) is 0 Å². The average molecular weight is 205 g/mol. The van der Waals surface area contributed by atoms with E-state index in [1.165, 1.54) is 31.4 Å². The van der Waals surface area contributed by atoms with E-state index >= 15 is 0 Å². The Bertz CT molecular complexity index is 429. The molecule has 0 radical (unpaired) electrons. The Labute approximate surface area is 86.4 Å². The van der Waals surface area contributed by atoms with E-state index in [-0.39, 0.29) is 5.57 Å². The Hall–Kier alpha value is -2.15. The molecule has 15 heavy (non-hydrogen) atoms. The highest BCUT2D eigenvalue weighted by Crippen LogP contribution is 2.13. The van der Waals surface area contributed by atoms with Crippen LogP contribution < -0.4 is 0 Å². The van der Waals surface area contributed by atoms with Crippen molar-refractivity contribution in [3.8, 4) is 6.07 Å². The van der Waals surface area contributed by atoms with E-state index in [9.17, 15) is 9.18 Å². The minimum atomic E-state index is -0.615. The zero-order valence-electron chi connectivity index (χ0n) is 8.03. The van der Waals surface area contributed by atoms with E-state index in [0.717, 1.165) is 6.08 Å². The first kappa shape index (κ1) is 10.9. The third-order valence-corrected chi connectivity index (χ3v) is 1.74. The van der Waals surface area contributed by atoms with Crippen molar-refractivity contribution in [1.82, 2.24) is 0 Å². The summed E-state index contributed by atoms with van der Waals surface area (Å²) >= 11 is 0. The molecule has 0 amide bonds. The van der Waals surface area contributed by atoms with Crippen LogP contribution in [0.1, 0.15) is 5.56 Å². The summed E-state index contributed by atoms with van der Waals surface area (Å²) in [6.07, 6.45) is 1.06. The van der Waals surface area contributed by atoms with Crippen molar-refractivity contribution < 1.29 is 13.9 Å². The van der Waals surface area contributed by atoms with Gasteiger partial charge in [0.2, 0.25) is 0 Å². The third-order valence-electron chi connectivity index (χ3n) is 1.74. The zero-order valence-corrected chi connectivity index (χ0v) is 8.03. The Balaban J connectivity index is 3.04. The molecule has 0 aliphatic heterocycles. The van der Waals surface area contributed by atoms with E-state index in [1.54, 1.807) is 0 Å². The second-order valence-electron chi connectivity index (χ2n) is 2.70. The fourth-order valence-electron chi connectivity index (χ4n) is 0.986. The molecule has 0 spiro atoms. The van der Waals surface area contributed by atoms with Gasteiger partial charge in [0.1, 0.15) is 11.9 Å². The number of carbonyl (C=O) groups excluding carboxylic acids is 1. The molecule has 0 N–H and O–H groups in total. The number of ether oxygens (including phenoxy) is 1. The molecule has 0 bridgehead atoms. The summed E-state index contributed by atoms with van der Waals surface area (Å²) in [5, 5.41) is 8.77. The molecule has 3 nitrogen and oxygen atoms in total. The van der Waals surface area contributed by atoms with Gasteiger partial charge in [-0.1, -0.05) is 12.1 Å². The molecule has 0 atom stereocenters. The highest BCUT2D eigenvalue weighted by molar-refractivity contribution is 5.95. The lowest BCUT2D eigenvalue weighted by Gasteiger charge is -1.98. The van der Waals surface area contributed by atoms with Crippen LogP contribution in [0.15, 0.2) is 30.3 Å². The maximum absolute atomic E-state index is 12.6. The van der Waals surface area contributed by atoms with Gasteiger partial charge in [0.05, 0.1) is 12.7 Å². The molecule has 0 aliphatic carbocycles. The Kier molecular flexibility index (Phi) is 3.58. The second-order valence-corrected chi connectivity index (χ2v) is 2.70. The molecule has 0 saturated heterocycles. The third kappa shape index (κ3) is 2.92. The number of benzene rings is 1. The first-order valence-corrected chi connectivity index (χ1v) is 4.13. The number of halogens is 1. The molecule has 1 aromatic carbocycles. The fraction of sp³-hybridized carbons (Fsp3) is 0.0909. The fourth-order valence-corrected chi connectivity index (χ4v) is 0.986. The van der Waals surface area contributed by atoms with Crippen LogP contribution >= 0.6 is 0 Å². The van der Waals surface area contributed by atoms with Crippen LogP contribution in [-0.4, -0.2) is 13.1 Å². The number of rotatable bonds is 2. The lowest BCUT2D eigenvalue weighted by Crippen LogP contribution is -1.96. The van der Waals surface area contributed by atoms with Gasteiger partial charge in [-0.05, 0) is 17.7 Å². The van der Waals surface area contributed by atoms with Gasteiger partial charge in [-0.2, -0.15) is 5.26 Å². The normalized spacial score (nSPS) is 10.6. The van der Waals surface area contributed by atoms with E-state index in [4.69, 9.17) is 5.26 Å². The van der Waals surface area contributed by atoms with Crippen LogP contribution in [0.3, 0.4) is 0 Å². The molecule has 1 rings (SSSR count). The van der Waals surface area contributed by atoms with Crippen molar-refractivity contribution >= 4 is 11.5 Å². The monoisotopic (exact) mass is 205 g/mol. The molecule has 4 heteroatoms. The van der Waals surface area contributed by atoms with Crippen LogP contribution in [0, 0.1) is 17.1 Å². The molecule has 76 valence electrons. The number of hydrogen-bond acceptors (Lipinski definition) is 3. The molecule has 0 unspecified atom stereocenters. The topological polar surface area (TPSA) is 50.1 Å². The average Bonchev–Trinajstić information content (AvgIpc) is 2.27. The summed E-state index contributed by atoms with van der Waals surface area (Å²) in [6, 6.07) is 7.13. The predicted octanol–water partition coefficient (Wildman–Crippen LogP) is 1.91. The maximum atomic E-state index is 12.6. The van der Waals surface area contributed by atoms with E-state index in [0.29, 0.717) is 5.56 Å². The summed E-state index contributed by atoms with van der Waals surface area (Å²) in [5.41, 5.74) is 0.617. The molecule has 0 heterocycles. The number of allylic oxidation sites excluding steroid dienone is 1. The van der Waals surface area contributed by atoms with E-state index in [1.807, 2.05) is 6.07 Å². The molecule has 0 saturated carbocycles. The predicted molar refractivity (Wildman–Crippen MR) is 52.0 cm³/mol. The first-order valence-electron chi connectivity index (χ1n) is 4.13. The highest BCUT2D eigenvalue weighted by Gasteiger charge is 2.04. The summed E-state index contributed by atoms with van der Waals surface area (Å²) in [6.45, 7) is 0. The Morgan fingerprint density at radius 1 is 1.47 bits per heavy atom. The van der Waals surface area contributed by atoms with E-state index < -0.39 is 11.8 Å². The summed E-state index contributed by atoms with van der Waals surface area (Å²) in [5.74, 6) is -1.01. The van der Waals surface area contributed by atoms with Crippen LogP contribution in [-0.2, 0) is 9.53 Å². The second kappa shape index (κ2) is 4.91. The number of methoxy groups -OCH3 is 1. The molecule has 0 aromatic heterocycles. The molecular weight excluding hydrogens is 197 g/mol. The SMILES string of the molecule is COC(=O)/C=C(\C#N)c1ccc(F)cc1. The van der Waals surface area contributed by atoms with Crippen LogP contribution in [0.4, 0.5) is 4.39 Å². The Morgan fingerprint density at radius 3 is 2.53 bits per heavy atom. The number of hydrogen-bond donors (Lipinski definition) is 0. The number of nitrogens with zero attached hydrogens (tertiary/aromatic N) is 1. The van der Waals surface area contributed by atoms with Gasteiger partial charge < -0.3 is 4.74 Å². The minimum Gasteiger partial charge on any atom is -0.466 e. The molecule has 1 aromatic rings. The van der Waals surface area contributed by atoms with E-state index in [2.05, 4.69) is 4.74 Å². The minimum absolute atomic E-state index is 0.141. The summed E-state index contributed by atoms with van der Waals surface area (Å²) in [7, 11) is 1.22. The maximum Gasteiger partial charge on any atom is 0.331 e. The summed E-state index contributed by atoms with van der Waals surface area (Å²) < 4.78 is 17.0. The van der Waals surface area contributed by atoms with Crippen molar-refractivity contribution in [3.05, 3.63) is 41.7 Å². The molecular formula is C11H8FNO2. The van der Waals surface area contributed by atoms with Gasteiger partial charge in [0, 0.05) is 6.08 Å². The zero-order chi connectivity index (χ0) is 11.3. The van der Waals surface area contributed by atoms with Gasteiger partial charge in [0.25, 0.3) is 0 Å². The van der Waals surface area contributed by atoms with Crippen LogP contribution in [0.2, 0.25) is 0 Å². The lowest BCUT2D eigenvalue weighted by atomic mass is 10.1. The first-order chi connectivity index (χ1) is 7.17. The van der Waals surface area contributed by atoms with Gasteiger partial charge in [-0.25, -0.2) is 9.18 Å². The van der Waals surface area contributed by atoms with Gasteiger partial charge >= 0.3 is 5.97 Å². The Morgan fingerprint density at radius 2 is 2.07 bits per heavy atom. The van der Waals surface area contributed by atoms with Crippen molar-refractivity contribution in [2.24, 2.45) is 0 Å². The number of esters is 1. The van der Waals surface area contributed by atoms with Crippen molar-refractivity contribution in [2.75, 3.05) is 7.11 Å². The standard InChI is InChI=1S/C11H8FNO2/c1-15-11(14)6-9(7-13)8-2-4-10(12)5-3-8/h2-6H,1H3/b9-6+. The largest absolute Gasteiger partial charge is 0.466 e. The van der Waals surface area contributed by atoms with Crippen molar-refractivity contribution in [1.29, 1.82) is 5.26 Å². The smallest absolute Gasteiger partial charge is 0.331 e. The van der Waals surface area contributed by atoms with Crippen molar-refractivity contribution in [3.63, 3.8) is 0 Å². The quantitative estimate of drug-likeness (QED) is 0.421. The molecule has 0 aliphatic rings. The summed E-state index contributed by atoms with van der Waals surface area (Å²) in [4.78, 5) is 10.9. The number of nitriles is 1. The van der Waals surface area contributed by atoms with Gasteiger partial charge in [0.15, 0.2) is 0 Å². The number of carbonyl (C=O) groups is 1. The molecule has 0 fully saturated rings. The van der Waals surface area contributed by atoms with Crippen LogP contribution in [0.25, 0.3) is 5.57 Å². The van der Waals surface area contributed by atoms with Gasteiger partial charge in [-0.3, -0.25) is 0 Å².